The molecular weight excluding hydrogens is 414 g/mol. The van der Waals surface area contributed by atoms with E-state index in [9.17, 15) is 4.79 Å². The molecule has 1 aromatic heterocycles. The van der Waals surface area contributed by atoms with Crippen LogP contribution in [0, 0.1) is 13.8 Å². The highest BCUT2D eigenvalue weighted by atomic mass is 35.5. The van der Waals surface area contributed by atoms with E-state index in [1.165, 1.54) is 6.08 Å². The van der Waals surface area contributed by atoms with Crippen molar-refractivity contribution in [3.63, 3.8) is 0 Å². The summed E-state index contributed by atoms with van der Waals surface area (Å²) in [5.74, 6) is 1.45. The first-order chi connectivity index (χ1) is 15.0. The van der Waals surface area contributed by atoms with Crippen LogP contribution in [0.3, 0.4) is 0 Å². The summed E-state index contributed by atoms with van der Waals surface area (Å²) in [6.45, 7) is 6.39. The van der Waals surface area contributed by atoms with Crippen LogP contribution in [0.1, 0.15) is 29.2 Å². The lowest BCUT2D eigenvalue weighted by molar-refractivity contribution is -0.137. The van der Waals surface area contributed by atoms with Crippen LogP contribution in [0.5, 0.6) is 17.4 Å². The summed E-state index contributed by atoms with van der Waals surface area (Å²) in [4.78, 5) is 15.8. The Morgan fingerprint density at radius 1 is 1.10 bits per heavy atom. The summed E-state index contributed by atoms with van der Waals surface area (Å²) >= 11 is 6.15. The Labute approximate surface area is 187 Å². The quantitative estimate of drug-likeness (QED) is 0.305. The molecule has 0 bridgehead atoms. The highest BCUT2D eigenvalue weighted by Crippen LogP contribution is 2.30. The summed E-state index contributed by atoms with van der Waals surface area (Å²) in [7, 11) is 0. The minimum absolute atomic E-state index is 0.352. The van der Waals surface area contributed by atoms with Gasteiger partial charge >= 0.3 is 5.97 Å². The molecule has 0 atom stereocenters. The molecule has 5 nitrogen and oxygen atoms in total. The maximum absolute atomic E-state index is 11.5. The number of carbonyl (C=O) groups is 1. The number of ether oxygens (including phenoxy) is 3. The molecule has 3 aromatic rings. The number of aryl methyl sites for hydroxylation is 2. The molecular formula is C25H24ClNO4. The molecule has 160 valence electrons. The van der Waals surface area contributed by atoms with Crippen LogP contribution in [-0.2, 0) is 16.1 Å². The largest absolute Gasteiger partial charge is 0.487 e. The van der Waals surface area contributed by atoms with Crippen molar-refractivity contribution in [2.24, 2.45) is 0 Å². The van der Waals surface area contributed by atoms with E-state index in [0.29, 0.717) is 29.9 Å². The summed E-state index contributed by atoms with van der Waals surface area (Å²) in [5.41, 5.74) is 3.67. The molecule has 0 saturated carbocycles. The van der Waals surface area contributed by atoms with Gasteiger partial charge in [-0.25, -0.2) is 9.78 Å². The van der Waals surface area contributed by atoms with Crippen LogP contribution in [0.15, 0.2) is 60.8 Å². The zero-order valence-electron chi connectivity index (χ0n) is 17.7. The molecule has 0 aliphatic heterocycles. The topological polar surface area (TPSA) is 57.7 Å². The molecule has 6 heteroatoms. The van der Waals surface area contributed by atoms with Crippen LogP contribution < -0.4 is 9.47 Å². The molecule has 2 aromatic carbocycles. The van der Waals surface area contributed by atoms with Gasteiger partial charge < -0.3 is 14.2 Å². The van der Waals surface area contributed by atoms with E-state index in [2.05, 4.69) is 4.98 Å². The standard InChI is InChI=1S/C25H24ClNO4/c1-4-29-24(28)12-9-19-13-17(2)25(18(3)14-19)31-23-11-10-21(15-27-23)30-16-20-7-5-6-8-22(20)26/h5-15H,4,16H2,1-3H3. The lowest BCUT2D eigenvalue weighted by Gasteiger charge is -2.13. The highest BCUT2D eigenvalue weighted by Gasteiger charge is 2.09. The normalized spacial score (nSPS) is 10.8. The number of halogens is 1. The van der Waals surface area contributed by atoms with E-state index < -0.39 is 0 Å². The number of carbonyl (C=O) groups excluding carboxylic acids is 1. The minimum Gasteiger partial charge on any atom is -0.487 e. The second-order valence-corrected chi connectivity index (χ2v) is 7.29. The number of esters is 1. The van der Waals surface area contributed by atoms with E-state index in [1.54, 1.807) is 31.3 Å². The van der Waals surface area contributed by atoms with E-state index >= 15 is 0 Å². The summed E-state index contributed by atoms with van der Waals surface area (Å²) in [6.07, 6.45) is 4.76. The number of rotatable bonds is 8. The Bertz CT molecular complexity index is 1050. The Hall–Kier alpha value is -3.31. The lowest BCUT2D eigenvalue weighted by Crippen LogP contribution is -1.99. The predicted molar refractivity (Wildman–Crippen MR) is 122 cm³/mol. The summed E-state index contributed by atoms with van der Waals surface area (Å²) in [5, 5.41) is 0.668. The molecule has 0 spiro atoms. The van der Waals surface area contributed by atoms with Gasteiger partial charge in [-0.2, -0.15) is 0 Å². The SMILES string of the molecule is CCOC(=O)C=Cc1cc(C)c(Oc2ccc(OCc3ccccc3Cl)cn2)c(C)c1. The second-order valence-electron chi connectivity index (χ2n) is 6.88. The van der Waals surface area contributed by atoms with Crippen molar-refractivity contribution in [1.29, 1.82) is 0 Å². The molecule has 0 saturated heterocycles. The number of aromatic nitrogens is 1. The van der Waals surface area contributed by atoms with E-state index in [1.807, 2.05) is 50.2 Å². The first-order valence-corrected chi connectivity index (χ1v) is 10.3. The summed E-state index contributed by atoms with van der Waals surface area (Å²) < 4.78 is 16.7. The zero-order valence-corrected chi connectivity index (χ0v) is 18.5. The van der Waals surface area contributed by atoms with Crippen LogP contribution in [0.4, 0.5) is 0 Å². The monoisotopic (exact) mass is 437 g/mol. The van der Waals surface area contributed by atoms with Gasteiger partial charge in [-0.1, -0.05) is 29.8 Å². The molecule has 1 heterocycles. The van der Waals surface area contributed by atoms with Crippen LogP contribution in [0.2, 0.25) is 5.02 Å². The van der Waals surface area contributed by atoms with Crippen molar-refractivity contribution in [2.45, 2.75) is 27.4 Å². The maximum atomic E-state index is 11.5. The van der Waals surface area contributed by atoms with Crippen molar-refractivity contribution in [1.82, 2.24) is 4.98 Å². The van der Waals surface area contributed by atoms with Crippen LogP contribution >= 0.6 is 11.6 Å². The second kappa shape index (κ2) is 10.6. The maximum Gasteiger partial charge on any atom is 0.330 e. The first-order valence-electron chi connectivity index (χ1n) is 9.92. The number of nitrogens with zero attached hydrogens (tertiary/aromatic N) is 1. The fraction of sp³-hybridized carbons (Fsp3) is 0.200. The van der Waals surface area contributed by atoms with Crippen molar-refractivity contribution in [3.05, 3.63) is 88.1 Å². The van der Waals surface area contributed by atoms with Gasteiger partial charge in [0.2, 0.25) is 5.88 Å². The van der Waals surface area contributed by atoms with Crippen LogP contribution in [0.25, 0.3) is 6.08 Å². The highest BCUT2D eigenvalue weighted by molar-refractivity contribution is 6.31. The van der Waals surface area contributed by atoms with Gasteiger partial charge in [0.05, 0.1) is 12.8 Å². The molecule has 0 fully saturated rings. The first kappa shape index (κ1) is 22.4. The smallest absolute Gasteiger partial charge is 0.330 e. The lowest BCUT2D eigenvalue weighted by atomic mass is 10.1. The number of pyridine rings is 1. The molecule has 0 amide bonds. The van der Waals surface area contributed by atoms with Crippen LogP contribution in [-0.4, -0.2) is 17.6 Å². The number of hydrogen-bond acceptors (Lipinski definition) is 5. The molecule has 3 rings (SSSR count). The van der Waals surface area contributed by atoms with Gasteiger partial charge in [0.15, 0.2) is 0 Å². The minimum atomic E-state index is -0.362. The molecule has 0 unspecified atom stereocenters. The van der Waals surface area contributed by atoms with Crippen molar-refractivity contribution in [3.8, 4) is 17.4 Å². The van der Waals surface area contributed by atoms with Crippen molar-refractivity contribution >= 4 is 23.6 Å². The Kier molecular flexibility index (Phi) is 7.68. The molecule has 0 aliphatic carbocycles. The third-order valence-corrected chi connectivity index (χ3v) is 4.82. The molecule has 31 heavy (non-hydrogen) atoms. The third-order valence-electron chi connectivity index (χ3n) is 4.45. The van der Waals surface area contributed by atoms with E-state index in [0.717, 1.165) is 28.0 Å². The predicted octanol–water partition coefficient (Wildman–Crippen LogP) is 6.30. The van der Waals surface area contributed by atoms with Gasteiger partial charge in [0.25, 0.3) is 0 Å². The Morgan fingerprint density at radius 3 is 2.48 bits per heavy atom. The third kappa shape index (κ3) is 6.33. The van der Waals surface area contributed by atoms with Crippen molar-refractivity contribution < 1.29 is 19.0 Å². The van der Waals surface area contributed by atoms with Gasteiger partial charge in [-0.15, -0.1) is 0 Å². The van der Waals surface area contributed by atoms with Crippen molar-refractivity contribution in [2.75, 3.05) is 6.61 Å². The van der Waals surface area contributed by atoms with Gasteiger partial charge in [-0.3, -0.25) is 0 Å². The Morgan fingerprint density at radius 2 is 1.84 bits per heavy atom. The molecule has 0 N–H and O–H groups in total. The van der Waals surface area contributed by atoms with E-state index in [4.69, 9.17) is 25.8 Å². The fourth-order valence-corrected chi connectivity index (χ4v) is 3.18. The van der Waals surface area contributed by atoms with Gasteiger partial charge in [0, 0.05) is 22.7 Å². The number of hydrogen-bond donors (Lipinski definition) is 0. The summed E-state index contributed by atoms with van der Waals surface area (Å²) in [6, 6.07) is 15.0. The van der Waals surface area contributed by atoms with Gasteiger partial charge in [-0.05, 0) is 67.8 Å². The Balaban J connectivity index is 1.65. The fourth-order valence-electron chi connectivity index (χ4n) is 2.99. The van der Waals surface area contributed by atoms with Gasteiger partial charge in [0.1, 0.15) is 18.1 Å². The molecule has 0 aliphatic rings. The molecule has 0 radical (unpaired) electrons. The zero-order chi connectivity index (χ0) is 22.2. The van der Waals surface area contributed by atoms with E-state index in [-0.39, 0.29) is 5.97 Å². The average Bonchev–Trinajstić information content (AvgIpc) is 2.75. The number of benzene rings is 2. The average molecular weight is 438 g/mol.